The third-order valence-corrected chi connectivity index (χ3v) is 5.33. The Kier molecular flexibility index (Phi) is 6.82. The third-order valence-electron chi connectivity index (χ3n) is 3.98. The fourth-order valence-corrected chi connectivity index (χ4v) is 3.62. The molecule has 1 amide bonds. The van der Waals surface area contributed by atoms with E-state index in [0.717, 1.165) is 11.3 Å². The van der Waals surface area contributed by atoms with Gasteiger partial charge in [0.1, 0.15) is 17.3 Å². The van der Waals surface area contributed by atoms with Gasteiger partial charge in [-0.1, -0.05) is 12.1 Å². The molecule has 0 saturated carbocycles. The zero-order valence-corrected chi connectivity index (χ0v) is 17.0. The second-order valence-corrected chi connectivity index (χ2v) is 8.15. The Morgan fingerprint density at radius 3 is 2.41 bits per heavy atom. The predicted octanol–water partition coefficient (Wildman–Crippen LogP) is 4.44. The number of ether oxygens (including phenoxy) is 1. The number of rotatable bonds is 8. The molecule has 3 rings (SSSR count). The second kappa shape index (κ2) is 9.52. The summed E-state index contributed by atoms with van der Waals surface area (Å²) in [5, 5.41) is 2.79. The van der Waals surface area contributed by atoms with Crippen LogP contribution in [0.15, 0.2) is 70.0 Å². The van der Waals surface area contributed by atoms with E-state index in [4.69, 9.17) is 9.15 Å². The van der Waals surface area contributed by atoms with E-state index < -0.39 is 10.8 Å². The maximum absolute atomic E-state index is 13.0. The topological polar surface area (TPSA) is 68.5 Å². The van der Waals surface area contributed by atoms with Crippen molar-refractivity contribution in [2.75, 3.05) is 0 Å². The summed E-state index contributed by atoms with van der Waals surface area (Å²) >= 11 is 0. The minimum atomic E-state index is -1.39. The van der Waals surface area contributed by atoms with Gasteiger partial charge < -0.3 is 14.5 Å². The number of hydrogen-bond donors (Lipinski definition) is 1. The molecule has 0 aliphatic carbocycles. The molecule has 29 heavy (non-hydrogen) atoms. The van der Waals surface area contributed by atoms with Gasteiger partial charge in [0.2, 0.25) is 0 Å². The standard InChI is InChI=1S/C22H22FNO4S/c1-15(2)27-18-7-3-16(4-8-18)13-24-22(25)21-12-9-19(28-21)14-29(26)20-10-5-17(23)6-11-20/h3-12,15H,13-14H2,1-2H3,(H,24,25)/t29-/m0/s1. The molecule has 0 spiro atoms. The van der Waals surface area contributed by atoms with Crippen LogP contribution in [0.4, 0.5) is 4.39 Å². The molecule has 152 valence electrons. The van der Waals surface area contributed by atoms with Crippen LogP contribution in [0.1, 0.15) is 35.7 Å². The number of furan rings is 1. The van der Waals surface area contributed by atoms with Gasteiger partial charge in [0.15, 0.2) is 5.76 Å². The van der Waals surface area contributed by atoms with Crippen LogP contribution in [0.25, 0.3) is 0 Å². The third kappa shape index (κ3) is 6.02. The Hall–Kier alpha value is -2.93. The van der Waals surface area contributed by atoms with Crippen molar-refractivity contribution < 1.29 is 22.5 Å². The molecular weight excluding hydrogens is 393 g/mol. The van der Waals surface area contributed by atoms with Crippen LogP contribution in [-0.2, 0) is 23.1 Å². The van der Waals surface area contributed by atoms with Gasteiger partial charge in [-0.25, -0.2) is 4.39 Å². The maximum atomic E-state index is 13.0. The van der Waals surface area contributed by atoms with Crippen LogP contribution < -0.4 is 10.1 Å². The summed E-state index contributed by atoms with van der Waals surface area (Å²) in [5.41, 5.74) is 0.929. The first-order chi connectivity index (χ1) is 13.9. The molecule has 7 heteroatoms. The highest BCUT2D eigenvalue weighted by Gasteiger charge is 2.14. The monoisotopic (exact) mass is 415 g/mol. The van der Waals surface area contributed by atoms with Crippen molar-refractivity contribution in [3.8, 4) is 5.75 Å². The summed E-state index contributed by atoms with van der Waals surface area (Å²) in [6.45, 7) is 4.26. The van der Waals surface area contributed by atoms with Crippen LogP contribution in [0.5, 0.6) is 5.75 Å². The molecule has 1 aromatic heterocycles. The molecule has 0 aliphatic rings. The molecule has 1 atom stereocenters. The zero-order valence-electron chi connectivity index (χ0n) is 16.2. The largest absolute Gasteiger partial charge is 0.491 e. The van der Waals surface area contributed by atoms with Gasteiger partial charge in [0.05, 0.1) is 22.7 Å². The lowest BCUT2D eigenvalue weighted by Crippen LogP contribution is -2.22. The van der Waals surface area contributed by atoms with Crippen LogP contribution >= 0.6 is 0 Å². The zero-order chi connectivity index (χ0) is 20.8. The number of carbonyl (C=O) groups excluding carboxylic acids is 1. The van der Waals surface area contributed by atoms with E-state index in [2.05, 4.69) is 5.32 Å². The molecular formula is C22H22FNO4S. The van der Waals surface area contributed by atoms with Crippen LogP contribution in [0.2, 0.25) is 0 Å². The lowest BCUT2D eigenvalue weighted by atomic mass is 10.2. The molecule has 1 N–H and O–H groups in total. The van der Waals surface area contributed by atoms with Gasteiger partial charge in [-0.15, -0.1) is 0 Å². The first-order valence-corrected chi connectivity index (χ1v) is 10.5. The number of hydrogen-bond acceptors (Lipinski definition) is 4. The molecule has 1 heterocycles. The van der Waals surface area contributed by atoms with Crippen molar-refractivity contribution >= 4 is 16.7 Å². The van der Waals surface area contributed by atoms with Crippen molar-refractivity contribution in [2.45, 2.75) is 37.1 Å². The summed E-state index contributed by atoms with van der Waals surface area (Å²) in [4.78, 5) is 12.8. The average Bonchev–Trinajstić information content (AvgIpc) is 3.16. The molecule has 0 radical (unpaired) electrons. The summed E-state index contributed by atoms with van der Waals surface area (Å²) in [6.07, 6.45) is 0.103. The van der Waals surface area contributed by atoms with Crippen molar-refractivity contribution in [1.29, 1.82) is 0 Å². The molecule has 0 fully saturated rings. The van der Waals surface area contributed by atoms with E-state index in [1.807, 2.05) is 38.1 Å². The van der Waals surface area contributed by atoms with E-state index in [-0.39, 0.29) is 29.3 Å². The van der Waals surface area contributed by atoms with Crippen molar-refractivity contribution in [3.05, 3.63) is 83.6 Å². The van der Waals surface area contributed by atoms with Gasteiger partial charge in [-0.2, -0.15) is 0 Å². The highest BCUT2D eigenvalue weighted by Crippen LogP contribution is 2.17. The Morgan fingerprint density at radius 1 is 1.07 bits per heavy atom. The van der Waals surface area contributed by atoms with Crippen molar-refractivity contribution in [2.24, 2.45) is 0 Å². The number of benzene rings is 2. The molecule has 0 unspecified atom stereocenters. The Morgan fingerprint density at radius 2 is 1.76 bits per heavy atom. The summed E-state index contributed by atoms with van der Waals surface area (Å²) in [6, 6.07) is 16.1. The summed E-state index contributed by atoms with van der Waals surface area (Å²) in [7, 11) is -1.39. The number of carbonyl (C=O) groups is 1. The molecule has 5 nitrogen and oxygen atoms in total. The Balaban J connectivity index is 1.53. The quantitative estimate of drug-likeness (QED) is 0.590. The van der Waals surface area contributed by atoms with Crippen LogP contribution in [-0.4, -0.2) is 16.2 Å². The minimum Gasteiger partial charge on any atom is -0.491 e. The van der Waals surface area contributed by atoms with Crippen LogP contribution in [0.3, 0.4) is 0 Å². The molecule has 0 aliphatic heterocycles. The van der Waals surface area contributed by atoms with E-state index in [1.54, 1.807) is 12.1 Å². The normalized spacial score (nSPS) is 12.0. The van der Waals surface area contributed by atoms with Gasteiger partial charge in [-0.05, 0) is 67.9 Å². The van der Waals surface area contributed by atoms with E-state index in [0.29, 0.717) is 17.2 Å². The number of halogens is 1. The van der Waals surface area contributed by atoms with Crippen molar-refractivity contribution in [3.63, 3.8) is 0 Å². The number of nitrogens with one attached hydrogen (secondary N) is 1. The van der Waals surface area contributed by atoms with Crippen molar-refractivity contribution in [1.82, 2.24) is 5.32 Å². The highest BCUT2D eigenvalue weighted by atomic mass is 32.2. The van der Waals surface area contributed by atoms with Gasteiger partial charge in [-0.3, -0.25) is 9.00 Å². The second-order valence-electron chi connectivity index (χ2n) is 6.70. The predicted molar refractivity (Wildman–Crippen MR) is 109 cm³/mol. The SMILES string of the molecule is CC(C)Oc1ccc(CNC(=O)c2ccc(C[S@](=O)c3ccc(F)cc3)o2)cc1. The fraction of sp³-hybridized carbons (Fsp3) is 0.227. The molecule has 3 aromatic rings. The fourth-order valence-electron chi connectivity index (χ4n) is 2.60. The molecule has 0 bridgehead atoms. The van der Waals surface area contributed by atoms with Gasteiger partial charge >= 0.3 is 0 Å². The van der Waals surface area contributed by atoms with Crippen LogP contribution in [0, 0.1) is 5.82 Å². The summed E-state index contributed by atoms with van der Waals surface area (Å²) in [5.74, 6) is 0.718. The Bertz CT molecular complexity index is 981. The molecule has 2 aromatic carbocycles. The maximum Gasteiger partial charge on any atom is 0.287 e. The lowest BCUT2D eigenvalue weighted by Gasteiger charge is -2.10. The van der Waals surface area contributed by atoms with Gasteiger partial charge in [0, 0.05) is 11.4 Å². The van der Waals surface area contributed by atoms with E-state index >= 15 is 0 Å². The first kappa shape index (κ1) is 20.8. The smallest absolute Gasteiger partial charge is 0.287 e. The Labute approximate surface area is 171 Å². The van der Waals surface area contributed by atoms with E-state index in [9.17, 15) is 13.4 Å². The summed E-state index contributed by atoms with van der Waals surface area (Å²) < 4.78 is 36.4. The van der Waals surface area contributed by atoms with Gasteiger partial charge in [0.25, 0.3) is 5.91 Å². The van der Waals surface area contributed by atoms with E-state index in [1.165, 1.54) is 24.3 Å². The number of amides is 1. The molecule has 0 saturated heterocycles. The average molecular weight is 415 g/mol. The lowest BCUT2D eigenvalue weighted by molar-refractivity contribution is 0.0921. The minimum absolute atomic E-state index is 0.103. The first-order valence-electron chi connectivity index (χ1n) is 9.17. The highest BCUT2D eigenvalue weighted by molar-refractivity contribution is 7.84.